The largest absolute Gasteiger partial charge is 0.481 e. The molecule has 0 heterocycles. The number of nitrogens with one attached hydrogen (secondary N) is 2. The second-order valence-electron chi connectivity index (χ2n) is 8.14. The van der Waals surface area contributed by atoms with Crippen LogP contribution in [0.1, 0.15) is 36.8 Å². The summed E-state index contributed by atoms with van der Waals surface area (Å²) in [4.78, 5) is 34.9. The van der Waals surface area contributed by atoms with Gasteiger partial charge in [-0.2, -0.15) is 13.2 Å². The van der Waals surface area contributed by atoms with Crippen molar-refractivity contribution in [2.24, 2.45) is 5.92 Å². The molecule has 0 aromatic heterocycles. The maximum atomic E-state index is 13.1. The molecule has 3 rings (SSSR count). The molecule has 2 amide bonds. The number of fused-ring (bicyclic) bond motifs is 3. The average Bonchev–Trinajstić information content (AvgIpc) is 3.11. The minimum atomic E-state index is -4.79. The zero-order valence-electron chi connectivity index (χ0n) is 18.4. The number of halogens is 3. The van der Waals surface area contributed by atoms with Gasteiger partial charge in [0.2, 0.25) is 5.91 Å². The van der Waals surface area contributed by atoms with Gasteiger partial charge in [0.1, 0.15) is 12.6 Å². The second kappa shape index (κ2) is 10.6. The first-order chi connectivity index (χ1) is 16.1. The van der Waals surface area contributed by atoms with Gasteiger partial charge in [-0.3, -0.25) is 9.59 Å². The molecule has 10 heteroatoms. The third-order valence-electron chi connectivity index (χ3n) is 5.70. The molecule has 0 saturated heterocycles. The van der Waals surface area contributed by atoms with Crippen LogP contribution in [0.25, 0.3) is 11.1 Å². The van der Waals surface area contributed by atoms with E-state index in [0.717, 1.165) is 22.3 Å². The molecule has 0 bridgehead atoms. The van der Waals surface area contributed by atoms with Crippen LogP contribution < -0.4 is 10.6 Å². The number of carbonyl (C=O) groups excluding carboxylic acids is 2. The van der Waals surface area contributed by atoms with Crippen LogP contribution in [0.3, 0.4) is 0 Å². The van der Waals surface area contributed by atoms with Crippen molar-refractivity contribution in [3.05, 3.63) is 59.7 Å². The van der Waals surface area contributed by atoms with Crippen LogP contribution in [0.5, 0.6) is 0 Å². The predicted octanol–water partition coefficient (Wildman–Crippen LogP) is 4.07. The van der Waals surface area contributed by atoms with Crippen molar-refractivity contribution in [1.82, 2.24) is 10.6 Å². The molecular weight excluding hydrogens is 453 g/mol. The molecule has 1 unspecified atom stereocenters. The van der Waals surface area contributed by atoms with Gasteiger partial charge in [0.15, 0.2) is 0 Å². The van der Waals surface area contributed by atoms with E-state index >= 15 is 0 Å². The van der Waals surface area contributed by atoms with Crippen molar-refractivity contribution in [2.45, 2.75) is 37.9 Å². The van der Waals surface area contributed by atoms with Crippen LogP contribution in [0, 0.1) is 5.92 Å². The van der Waals surface area contributed by atoms with Gasteiger partial charge < -0.3 is 20.5 Å². The Balaban J connectivity index is 1.51. The normalized spacial score (nSPS) is 14.5. The second-order valence-corrected chi connectivity index (χ2v) is 8.14. The zero-order chi connectivity index (χ0) is 24.9. The summed E-state index contributed by atoms with van der Waals surface area (Å²) < 4.78 is 44.6. The van der Waals surface area contributed by atoms with Crippen molar-refractivity contribution in [3.63, 3.8) is 0 Å². The van der Waals surface area contributed by atoms with Gasteiger partial charge in [-0.25, -0.2) is 4.79 Å². The van der Waals surface area contributed by atoms with E-state index in [1.807, 2.05) is 53.8 Å². The summed E-state index contributed by atoms with van der Waals surface area (Å²) in [6, 6.07) is 13.3. The Bertz CT molecular complexity index is 1010. The van der Waals surface area contributed by atoms with Crippen LogP contribution in [0.2, 0.25) is 0 Å². The number of rotatable bonds is 9. The number of carboxylic acid groups (broad SMARTS) is 1. The summed E-state index contributed by atoms with van der Waals surface area (Å²) >= 11 is 0. The summed E-state index contributed by atoms with van der Waals surface area (Å²) in [5.74, 6) is -3.49. The molecular formula is C24H25F3N2O5. The molecule has 3 N–H and O–H groups in total. The van der Waals surface area contributed by atoms with Crippen LogP contribution in [0.4, 0.5) is 18.0 Å². The fraction of sp³-hybridized carbons (Fsp3) is 0.375. The Hall–Kier alpha value is -3.56. The molecule has 0 spiro atoms. The first-order valence-corrected chi connectivity index (χ1v) is 10.8. The highest BCUT2D eigenvalue weighted by Crippen LogP contribution is 2.44. The van der Waals surface area contributed by atoms with E-state index in [2.05, 4.69) is 5.32 Å². The molecule has 0 saturated carbocycles. The van der Waals surface area contributed by atoms with Gasteiger partial charge in [0.25, 0.3) is 0 Å². The quantitative estimate of drug-likeness (QED) is 0.504. The molecule has 2 atom stereocenters. The maximum absolute atomic E-state index is 13.1. The summed E-state index contributed by atoms with van der Waals surface area (Å²) in [5, 5.41) is 12.8. The van der Waals surface area contributed by atoms with Gasteiger partial charge in [-0.1, -0.05) is 55.5 Å². The predicted molar refractivity (Wildman–Crippen MR) is 117 cm³/mol. The topological polar surface area (TPSA) is 105 Å². The fourth-order valence-electron chi connectivity index (χ4n) is 3.88. The lowest BCUT2D eigenvalue weighted by molar-refractivity contribution is -0.165. The van der Waals surface area contributed by atoms with Crippen molar-refractivity contribution < 1.29 is 37.4 Å². The number of hydrogen-bond acceptors (Lipinski definition) is 4. The molecule has 7 nitrogen and oxygen atoms in total. The number of benzene rings is 2. The average molecular weight is 478 g/mol. The highest BCUT2D eigenvalue weighted by molar-refractivity contribution is 5.80. The number of aliphatic carboxylic acids is 1. The van der Waals surface area contributed by atoms with Crippen molar-refractivity contribution in [3.8, 4) is 11.1 Å². The zero-order valence-corrected chi connectivity index (χ0v) is 18.4. The Kier molecular flexibility index (Phi) is 7.80. The van der Waals surface area contributed by atoms with Crippen molar-refractivity contribution >= 4 is 18.0 Å². The van der Waals surface area contributed by atoms with Gasteiger partial charge in [0.05, 0.1) is 5.92 Å². The molecule has 182 valence electrons. The van der Waals surface area contributed by atoms with Crippen LogP contribution in [0.15, 0.2) is 48.5 Å². The van der Waals surface area contributed by atoms with Crippen molar-refractivity contribution in [1.29, 1.82) is 0 Å². The van der Waals surface area contributed by atoms with E-state index in [0.29, 0.717) is 0 Å². The van der Waals surface area contributed by atoms with E-state index in [9.17, 15) is 27.6 Å². The molecule has 1 aliphatic rings. The van der Waals surface area contributed by atoms with Crippen molar-refractivity contribution in [2.75, 3.05) is 13.2 Å². The minimum absolute atomic E-state index is 0.0613. The lowest BCUT2D eigenvalue weighted by Gasteiger charge is -2.23. The van der Waals surface area contributed by atoms with Gasteiger partial charge in [-0.15, -0.1) is 0 Å². The molecule has 2 aromatic carbocycles. The van der Waals surface area contributed by atoms with E-state index in [4.69, 9.17) is 9.84 Å². The summed E-state index contributed by atoms with van der Waals surface area (Å²) in [5.41, 5.74) is 4.20. The monoisotopic (exact) mass is 478 g/mol. The number of hydrogen-bond donors (Lipinski definition) is 3. The Morgan fingerprint density at radius 3 is 2.12 bits per heavy atom. The van der Waals surface area contributed by atoms with Gasteiger partial charge >= 0.3 is 18.2 Å². The number of alkyl halides is 3. The van der Waals surface area contributed by atoms with Gasteiger partial charge in [0, 0.05) is 18.9 Å². The van der Waals surface area contributed by atoms with E-state index in [-0.39, 0.29) is 19.1 Å². The Morgan fingerprint density at radius 1 is 1.03 bits per heavy atom. The van der Waals surface area contributed by atoms with Gasteiger partial charge in [-0.05, 0) is 28.7 Å². The molecule has 0 fully saturated rings. The molecule has 34 heavy (non-hydrogen) atoms. The molecule has 0 radical (unpaired) electrons. The van der Waals surface area contributed by atoms with E-state index < -0.39 is 48.9 Å². The molecule has 2 aromatic rings. The first-order valence-electron chi connectivity index (χ1n) is 10.8. The maximum Gasteiger partial charge on any atom is 0.408 e. The summed E-state index contributed by atoms with van der Waals surface area (Å²) in [6.45, 7) is 1.17. The number of ether oxygens (including phenoxy) is 1. The number of amides is 2. The van der Waals surface area contributed by atoms with Crippen LogP contribution in [-0.2, 0) is 14.3 Å². The highest BCUT2D eigenvalue weighted by atomic mass is 19.4. The fourth-order valence-corrected chi connectivity index (χ4v) is 3.88. The molecule has 1 aliphatic carbocycles. The number of alkyl carbamates (subject to hydrolysis) is 1. The first kappa shape index (κ1) is 25.1. The van der Waals surface area contributed by atoms with E-state index in [1.165, 1.54) is 6.92 Å². The smallest absolute Gasteiger partial charge is 0.408 e. The third kappa shape index (κ3) is 6.06. The SMILES string of the molecule is CC(CNC(=O)OCC1c2ccccc2-c2ccccc21)C(=O)N[C@@H](CCC(=O)O)C(F)(F)F. The minimum Gasteiger partial charge on any atom is -0.481 e. The lowest BCUT2D eigenvalue weighted by Crippen LogP contribution is -2.49. The third-order valence-corrected chi connectivity index (χ3v) is 5.70. The number of carboxylic acids is 1. The Labute approximate surface area is 194 Å². The Morgan fingerprint density at radius 2 is 1.59 bits per heavy atom. The summed E-state index contributed by atoms with van der Waals surface area (Å²) in [6.07, 6.45) is -7.10. The van der Waals surface area contributed by atoms with Crippen LogP contribution in [-0.4, -0.2) is 48.4 Å². The van der Waals surface area contributed by atoms with Crippen LogP contribution >= 0.6 is 0 Å². The standard InChI is InChI=1S/C24H25F3N2O5/c1-14(22(32)29-20(24(25,26)27)10-11-21(30)31)12-28-23(33)34-13-19-17-8-4-2-6-15(17)16-7-3-5-9-18(16)19/h2-9,14,19-20H,10-13H2,1H3,(H,28,33)(H,29,32)(H,30,31)/t14?,20-/m0/s1. The molecule has 0 aliphatic heterocycles. The lowest BCUT2D eigenvalue weighted by atomic mass is 9.98. The highest BCUT2D eigenvalue weighted by Gasteiger charge is 2.41. The van der Waals surface area contributed by atoms with E-state index in [1.54, 1.807) is 0 Å². The summed E-state index contributed by atoms with van der Waals surface area (Å²) in [7, 11) is 0. The number of carbonyl (C=O) groups is 3.